The van der Waals surface area contributed by atoms with Gasteiger partial charge in [-0.2, -0.15) is 4.98 Å². The molecule has 10 heteroatoms. The first-order valence-electron chi connectivity index (χ1n) is 11.3. The quantitative estimate of drug-likeness (QED) is 0.392. The number of β-amino-alcohol motifs (C(OH)–C–C–N with tert-alkyl or cyclic N) is 1. The Hall–Kier alpha value is -3.79. The van der Waals surface area contributed by atoms with E-state index in [1.54, 1.807) is 28.9 Å². The molecule has 0 radical (unpaired) electrons. The van der Waals surface area contributed by atoms with Crippen LogP contribution in [-0.2, 0) is 13.0 Å². The molecule has 0 atom stereocenters. The van der Waals surface area contributed by atoms with Crippen molar-refractivity contribution < 1.29 is 5.11 Å². The Bertz CT molecular complexity index is 1630. The molecule has 5 aromatic rings. The lowest BCUT2D eigenvalue weighted by Gasteiger charge is -2.28. The van der Waals surface area contributed by atoms with E-state index in [1.807, 2.05) is 18.2 Å². The fraction of sp³-hybridized carbons (Fsp3) is 0.200. The molecule has 4 heterocycles. The van der Waals surface area contributed by atoms with Crippen LogP contribution in [-0.4, -0.2) is 53.6 Å². The van der Waals surface area contributed by atoms with Gasteiger partial charge in [0.1, 0.15) is 5.39 Å². The van der Waals surface area contributed by atoms with Crippen molar-refractivity contribution in [2.45, 2.75) is 13.0 Å². The van der Waals surface area contributed by atoms with Crippen molar-refractivity contribution in [3.8, 4) is 5.69 Å². The van der Waals surface area contributed by atoms with Crippen LogP contribution >= 0.6 is 11.6 Å². The standard InChI is InChI=1S/C25H22ClN7O2/c26-20-3-1-2-4-21(20)33-23(35)19-14-28-24(30-22(19)32-10-8-27-25(32)33)29-18-6-5-16-7-9-31(11-12-34)15-17(16)13-18/h1-6,8,10,13-14,34H,7,9,11-12,15H2,(H,28,29,30). The summed E-state index contributed by atoms with van der Waals surface area (Å²) in [7, 11) is 0. The number of aromatic nitrogens is 5. The van der Waals surface area contributed by atoms with Gasteiger partial charge in [-0.25, -0.2) is 14.5 Å². The van der Waals surface area contributed by atoms with Crippen LogP contribution in [0.1, 0.15) is 11.1 Å². The van der Waals surface area contributed by atoms with Crippen LogP contribution in [0.5, 0.6) is 0 Å². The predicted octanol–water partition coefficient (Wildman–Crippen LogP) is 3.18. The van der Waals surface area contributed by atoms with E-state index in [9.17, 15) is 9.90 Å². The first-order chi connectivity index (χ1) is 17.1. The Morgan fingerprint density at radius 2 is 2.00 bits per heavy atom. The highest BCUT2D eigenvalue weighted by Crippen LogP contribution is 2.25. The van der Waals surface area contributed by atoms with Gasteiger partial charge in [-0.3, -0.25) is 14.1 Å². The number of para-hydroxylation sites is 1. The van der Waals surface area contributed by atoms with E-state index < -0.39 is 0 Å². The van der Waals surface area contributed by atoms with Crippen molar-refractivity contribution >= 4 is 40.0 Å². The Kier molecular flexibility index (Phi) is 5.44. The second kappa shape index (κ2) is 8.77. The van der Waals surface area contributed by atoms with Gasteiger partial charge in [0.05, 0.1) is 17.3 Å². The number of anilines is 2. The van der Waals surface area contributed by atoms with Crippen LogP contribution in [0.3, 0.4) is 0 Å². The smallest absolute Gasteiger partial charge is 0.270 e. The molecule has 0 bridgehead atoms. The topological polar surface area (TPSA) is 101 Å². The van der Waals surface area contributed by atoms with Crippen molar-refractivity contribution in [1.29, 1.82) is 0 Å². The maximum Gasteiger partial charge on any atom is 0.270 e. The molecule has 3 aromatic heterocycles. The van der Waals surface area contributed by atoms with Crippen LogP contribution in [0.25, 0.3) is 22.5 Å². The SMILES string of the molecule is O=c1c2cnc(Nc3ccc4c(c3)CN(CCO)CC4)nc2n2ccnc2n1-c1ccccc1Cl. The molecule has 2 aromatic carbocycles. The first-order valence-corrected chi connectivity index (χ1v) is 11.7. The summed E-state index contributed by atoms with van der Waals surface area (Å²) >= 11 is 6.39. The molecule has 0 unspecified atom stereocenters. The summed E-state index contributed by atoms with van der Waals surface area (Å²) in [6.45, 7) is 2.55. The zero-order valence-electron chi connectivity index (χ0n) is 18.7. The summed E-state index contributed by atoms with van der Waals surface area (Å²) < 4.78 is 3.23. The highest BCUT2D eigenvalue weighted by atomic mass is 35.5. The fourth-order valence-electron chi connectivity index (χ4n) is 4.61. The minimum absolute atomic E-state index is 0.152. The summed E-state index contributed by atoms with van der Waals surface area (Å²) in [5, 5.41) is 13.3. The number of halogens is 1. The lowest BCUT2D eigenvalue weighted by atomic mass is 9.99. The summed E-state index contributed by atoms with van der Waals surface area (Å²) in [6, 6.07) is 13.4. The molecule has 2 N–H and O–H groups in total. The van der Waals surface area contributed by atoms with E-state index in [0.29, 0.717) is 40.0 Å². The molecule has 0 fully saturated rings. The van der Waals surface area contributed by atoms with Gasteiger partial charge >= 0.3 is 0 Å². The third-order valence-electron chi connectivity index (χ3n) is 6.31. The normalized spacial score (nSPS) is 13.9. The highest BCUT2D eigenvalue weighted by molar-refractivity contribution is 6.32. The van der Waals surface area contributed by atoms with Crippen molar-refractivity contribution in [1.82, 2.24) is 28.8 Å². The third kappa shape index (κ3) is 3.83. The molecule has 0 saturated carbocycles. The average Bonchev–Trinajstić information content (AvgIpc) is 3.35. The van der Waals surface area contributed by atoms with Crippen molar-refractivity contribution in [2.75, 3.05) is 25.0 Å². The minimum atomic E-state index is -0.295. The second-order valence-corrected chi connectivity index (χ2v) is 8.89. The number of rotatable bonds is 5. The van der Waals surface area contributed by atoms with Crippen LogP contribution in [0.2, 0.25) is 5.02 Å². The van der Waals surface area contributed by atoms with Crippen molar-refractivity contribution in [3.63, 3.8) is 0 Å². The van der Waals surface area contributed by atoms with Gasteiger partial charge in [-0.1, -0.05) is 29.8 Å². The van der Waals surface area contributed by atoms with E-state index in [-0.39, 0.29) is 12.2 Å². The summed E-state index contributed by atoms with van der Waals surface area (Å²) in [5.74, 6) is 0.795. The fourth-order valence-corrected chi connectivity index (χ4v) is 4.83. The van der Waals surface area contributed by atoms with E-state index in [0.717, 1.165) is 25.2 Å². The number of fused-ring (bicyclic) bond motifs is 4. The number of hydrogen-bond donors (Lipinski definition) is 2. The lowest BCUT2D eigenvalue weighted by molar-refractivity contribution is 0.184. The summed E-state index contributed by atoms with van der Waals surface area (Å²) in [5.41, 5.74) is 4.09. The van der Waals surface area contributed by atoms with E-state index >= 15 is 0 Å². The molecule has 0 spiro atoms. The largest absolute Gasteiger partial charge is 0.395 e. The van der Waals surface area contributed by atoms with Gasteiger partial charge in [-0.05, 0) is 41.8 Å². The third-order valence-corrected chi connectivity index (χ3v) is 6.63. The highest BCUT2D eigenvalue weighted by Gasteiger charge is 2.18. The monoisotopic (exact) mass is 487 g/mol. The van der Waals surface area contributed by atoms with E-state index in [2.05, 4.69) is 37.3 Å². The molecule has 176 valence electrons. The molecular weight excluding hydrogens is 466 g/mol. The second-order valence-electron chi connectivity index (χ2n) is 8.48. The Morgan fingerprint density at radius 3 is 2.86 bits per heavy atom. The van der Waals surface area contributed by atoms with Gasteiger partial charge < -0.3 is 10.4 Å². The molecule has 0 saturated heterocycles. The first kappa shape index (κ1) is 21.7. The van der Waals surface area contributed by atoms with E-state index in [4.69, 9.17) is 11.6 Å². The number of nitrogens with one attached hydrogen (secondary N) is 1. The van der Waals surface area contributed by atoms with Crippen LogP contribution in [0, 0.1) is 0 Å². The predicted molar refractivity (Wildman–Crippen MR) is 135 cm³/mol. The average molecular weight is 488 g/mol. The Balaban J connectivity index is 1.40. The summed E-state index contributed by atoms with van der Waals surface area (Å²) in [6.07, 6.45) is 5.87. The van der Waals surface area contributed by atoms with Gasteiger partial charge in [0.15, 0.2) is 5.65 Å². The molecule has 9 nitrogen and oxygen atoms in total. The number of aliphatic hydroxyl groups excluding tert-OH is 1. The number of nitrogens with zero attached hydrogens (tertiary/aromatic N) is 6. The Morgan fingerprint density at radius 1 is 1.11 bits per heavy atom. The van der Waals surface area contributed by atoms with Gasteiger partial charge in [0.25, 0.3) is 5.56 Å². The van der Waals surface area contributed by atoms with Crippen LogP contribution in [0.4, 0.5) is 11.6 Å². The number of hydrogen-bond acceptors (Lipinski definition) is 7. The molecule has 1 aliphatic rings. The van der Waals surface area contributed by atoms with Crippen LogP contribution in [0.15, 0.2) is 65.8 Å². The summed E-state index contributed by atoms with van der Waals surface area (Å²) in [4.78, 5) is 29.1. The Labute approximate surface area is 205 Å². The molecule has 1 aliphatic heterocycles. The lowest BCUT2D eigenvalue weighted by Crippen LogP contribution is -2.32. The zero-order chi connectivity index (χ0) is 23.9. The van der Waals surface area contributed by atoms with Crippen molar-refractivity contribution in [3.05, 3.63) is 87.6 Å². The van der Waals surface area contributed by atoms with Gasteiger partial charge in [0.2, 0.25) is 11.7 Å². The molecule has 0 aliphatic carbocycles. The number of imidazole rings is 1. The molecular formula is C25H22ClN7O2. The maximum absolute atomic E-state index is 13.4. The van der Waals surface area contributed by atoms with E-state index in [1.165, 1.54) is 21.9 Å². The molecule has 6 rings (SSSR count). The number of aliphatic hydroxyl groups is 1. The zero-order valence-corrected chi connectivity index (χ0v) is 19.5. The maximum atomic E-state index is 13.4. The van der Waals surface area contributed by atoms with Gasteiger partial charge in [-0.15, -0.1) is 0 Å². The van der Waals surface area contributed by atoms with Crippen LogP contribution < -0.4 is 10.9 Å². The molecule has 35 heavy (non-hydrogen) atoms. The van der Waals surface area contributed by atoms with Crippen molar-refractivity contribution in [2.24, 2.45) is 0 Å². The minimum Gasteiger partial charge on any atom is -0.395 e. The molecule has 0 amide bonds. The number of benzene rings is 2. The van der Waals surface area contributed by atoms with Gasteiger partial charge in [0, 0.05) is 43.9 Å².